The van der Waals surface area contributed by atoms with Gasteiger partial charge in [0, 0.05) is 19.8 Å². The van der Waals surface area contributed by atoms with Crippen molar-refractivity contribution in [1.82, 2.24) is 0 Å². The van der Waals surface area contributed by atoms with Gasteiger partial charge in [-0.1, -0.05) is 0 Å². The van der Waals surface area contributed by atoms with Crippen LogP contribution < -0.4 is 0 Å². The lowest BCUT2D eigenvalue weighted by Crippen LogP contribution is -2.63. The van der Waals surface area contributed by atoms with E-state index in [1.165, 1.54) is 0 Å². The number of rotatable bonds is 32. The Hall–Kier alpha value is 2.40. The zero-order chi connectivity index (χ0) is 44.1. The smallest absolute Gasteiger partial charge is 0.440 e. The van der Waals surface area contributed by atoms with Crippen molar-refractivity contribution in [3.8, 4) is 0 Å². The van der Waals surface area contributed by atoms with Crippen LogP contribution in [0.2, 0.25) is 131 Å². The summed E-state index contributed by atoms with van der Waals surface area (Å²) in [7, 11) is -33.8. The molecule has 0 heterocycles. The summed E-state index contributed by atoms with van der Waals surface area (Å²) in [6.45, 7) is 48.3. The van der Waals surface area contributed by atoms with Gasteiger partial charge in [0.1, 0.15) is 0 Å². The first-order chi connectivity index (χ1) is 25.0. The van der Waals surface area contributed by atoms with Crippen LogP contribution in [-0.4, -0.2) is 145 Å². The van der Waals surface area contributed by atoms with Gasteiger partial charge in [-0.15, -0.1) is 0 Å². The van der Waals surface area contributed by atoms with E-state index in [1.54, 1.807) is 0 Å². The highest BCUT2D eigenvalue weighted by atomic mass is 28.5. The maximum Gasteiger partial charge on any atom is 0.642 e. The van der Waals surface area contributed by atoms with E-state index in [2.05, 4.69) is 65.5 Å². The van der Waals surface area contributed by atoms with Crippen LogP contribution in [-0.2, 0) is 66.8 Å². The average molecular weight is 1040 g/mol. The van der Waals surface area contributed by atoms with Crippen molar-refractivity contribution in [2.24, 2.45) is 0 Å². The standard InChI is InChI=1S/C26H82O16Si14/c1-24-27-43-30-56(31-44-28-25-2,32-45-29-26-3)42-55(22,23)41-54(20,21)40-53(18,19)39-52(16,17)38-51(14,15)37-50(12,13)36-49(10,11)35-48(8,9)34-47(6,7)33-46(4)5/h46H,24-26,43-45H2,1-23H3. The van der Waals surface area contributed by atoms with E-state index in [9.17, 15) is 0 Å². The Bertz CT molecular complexity index is 1110. The third-order valence-corrected chi connectivity index (χ3v) is 52.4. The lowest BCUT2D eigenvalue weighted by atomic mass is 10.9. The Morgan fingerprint density at radius 2 is 0.518 bits per heavy atom. The Labute approximate surface area is 361 Å². The van der Waals surface area contributed by atoms with E-state index in [4.69, 9.17) is 66.8 Å². The van der Waals surface area contributed by atoms with Gasteiger partial charge in [0.15, 0.2) is 9.04 Å². The molecule has 0 amide bonds. The van der Waals surface area contributed by atoms with Gasteiger partial charge in [-0.3, -0.25) is 0 Å². The molecule has 0 saturated carbocycles. The van der Waals surface area contributed by atoms with Crippen LogP contribution in [0.1, 0.15) is 20.8 Å². The summed E-state index contributed by atoms with van der Waals surface area (Å²) in [5, 5.41) is 0. The maximum absolute atomic E-state index is 6.83. The van der Waals surface area contributed by atoms with Crippen molar-refractivity contribution in [3.63, 3.8) is 0 Å². The number of hydrogen-bond acceptors (Lipinski definition) is 16. The van der Waals surface area contributed by atoms with Crippen molar-refractivity contribution < 1.29 is 66.8 Å². The molecule has 0 atom stereocenters. The minimum absolute atomic E-state index is 0.524. The molecular weight excluding hydrogens is 961 g/mol. The second kappa shape index (κ2) is 23.9. The molecule has 0 N–H and O–H groups in total. The molecule has 30 heteroatoms. The third kappa shape index (κ3) is 27.5. The first-order valence-corrected chi connectivity index (χ1v) is 52.8. The Morgan fingerprint density at radius 1 is 0.321 bits per heavy atom. The Morgan fingerprint density at radius 3 is 0.714 bits per heavy atom. The first-order valence-electron chi connectivity index (χ1n) is 19.6. The van der Waals surface area contributed by atoms with Crippen LogP contribution in [0.5, 0.6) is 0 Å². The van der Waals surface area contributed by atoms with E-state index in [1.807, 2.05) is 86.2 Å². The van der Waals surface area contributed by atoms with Crippen molar-refractivity contribution in [3.05, 3.63) is 0 Å². The summed E-state index contributed by atoms with van der Waals surface area (Å²) in [6, 6.07) is 0. The Balaban J connectivity index is 5.81. The molecule has 56 heavy (non-hydrogen) atoms. The monoisotopic (exact) mass is 1040 g/mol. The summed E-state index contributed by atoms with van der Waals surface area (Å²) in [6.07, 6.45) is 0. The SMILES string of the molecule is CCO[SiH2]O[Si](O[SiH2]OCC)(O[SiH2]OCC)O[Si](C)(C)O[Si](C)(C)O[Si](C)(C)O[Si](C)(C)O[Si](C)(C)O[Si](C)(C)O[Si](C)(C)O[Si](C)(C)O[Si](C)(C)O[SiH](C)C. The molecule has 0 fully saturated rings. The van der Waals surface area contributed by atoms with Crippen LogP contribution in [0, 0.1) is 0 Å². The van der Waals surface area contributed by atoms with Crippen molar-refractivity contribution in [2.45, 2.75) is 152 Å². The average Bonchev–Trinajstić information content (AvgIpc) is 2.86. The highest BCUT2D eigenvalue weighted by Crippen LogP contribution is 2.31. The lowest BCUT2D eigenvalue weighted by Gasteiger charge is -2.44. The molecule has 0 aromatic heterocycles. The molecule has 0 bridgehead atoms. The lowest BCUT2D eigenvalue weighted by molar-refractivity contribution is 0.108. The quantitative estimate of drug-likeness (QED) is 0.0654. The van der Waals surface area contributed by atoms with Gasteiger partial charge >= 0.3 is 86.1 Å². The van der Waals surface area contributed by atoms with E-state index >= 15 is 0 Å². The van der Waals surface area contributed by atoms with Crippen molar-refractivity contribution >= 4 is 125 Å². The van der Waals surface area contributed by atoms with Gasteiger partial charge in [-0.2, -0.15) is 0 Å². The van der Waals surface area contributed by atoms with E-state index in [0.717, 1.165) is 0 Å². The summed E-state index contributed by atoms with van der Waals surface area (Å²) < 4.78 is 103. The van der Waals surface area contributed by atoms with E-state index in [-0.39, 0.29) is 0 Å². The maximum atomic E-state index is 6.83. The summed E-state index contributed by atoms with van der Waals surface area (Å²) in [5.74, 6) is 0. The highest BCUT2D eigenvalue weighted by Gasteiger charge is 2.54. The van der Waals surface area contributed by atoms with Gasteiger partial charge in [0.05, 0.1) is 0 Å². The molecule has 0 aromatic rings. The van der Waals surface area contributed by atoms with E-state index in [0.29, 0.717) is 19.8 Å². The molecule has 0 aliphatic rings. The van der Waals surface area contributed by atoms with Gasteiger partial charge in [0.2, 0.25) is 0 Å². The summed E-state index contributed by atoms with van der Waals surface area (Å²) in [5.41, 5.74) is 0. The molecule has 0 unspecified atom stereocenters. The van der Waals surface area contributed by atoms with Gasteiger partial charge < -0.3 is 66.8 Å². The minimum atomic E-state index is -3.68. The zero-order valence-electron chi connectivity index (χ0n) is 39.4. The molecule has 0 aliphatic heterocycles. The Kier molecular flexibility index (Phi) is 24.9. The molecule has 0 aromatic carbocycles. The second-order valence-electron chi connectivity index (χ2n) is 17.4. The molecule has 0 rings (SSSR count). The summed E-state index contributed by atoms with van der Waals surface area (Å²) in [4.78, 5) is 0. The molecule has 0 aliphatic carbocycles. The molecule has 0 spiro atoms. The fraction of sp³-hybridized carbons (Fsp3) is 1.00. The first kappa shape index (κ1) is 58.4. The fourth-order valence-corrected chi connectivity index (χ4v) is 65.2. The highest BCUT2D eigenvalue weighted by molar-refractivity contribution is 6.93. The van der Waals surface area contributed by atoms with Crippen LogP contribution in [0.4, 0.5) is 0 Å². The largest absolute Gasteiger partial charge is 0.642 e. The van der Waals surface area contributed by atoms with Crippen LogP contribution in [0.3, 0.4) is 0 Å². The van der Waals surface area contributed by atoms with Gasteiger partial charge in [-0.25, -0.2) is 0 Å². The predicted octanol–water partition coefficient (Wildman–Crippen LogP) is 5.04. The second-order valence-corrected chi connectivity index (χ2v) is 59.4. The van der Waals surface area contributed by atoms with Crippen molar-refractivity contribution in [1.29, 1.82) is 0 Å². The van der Waals surface area contributed by atoms with Gasteiger partial charge in [-0.05, 0) is 152 Å². The van der Waals surface area contributed by atoms with Crippen molar-refractivity contribution in [2.75, 3.05) is 19.8 Å². The molecule has 0 radical (unpaired) electrons. The topological polar surface area (TPSA) is 148 Å². The zero-order valence-corrected chi connectivity index (χ0v) is 54.7. The minimum Gasteiger partial charge on any atom is -0.440 e. The normalized spacial score (nSPS) is 16.5. The molecule has 0 saturated heterocycles. The number of hydrogen-bond donors (Lipinski definition) is 0. The van der Waals surface area contributed by atoms with Gasteiger partial charge in [0.25, 0.3) is 30.0 Å². The summed E-state index contributed by atoms with van der Waals surface area (Å²) >= 11 is 0. The van der Waals surface area contributed by atoms with Crippen LogP contribution in [0.25, 0.3) is 0 Å². The fourth-order valence-electron chi connectivity index (χ4n) is 6.60. The van der Waals surface area contributed by atoms with E-state index < -0.39 is 125 Å². The molecule has 16 nitrogen and oxygen atoms in total. The molecular formula is C26H82O16Si14. The van der Waals surface area contributed by atoms with Crippen LogP contribution in [0.15, 0.2) is 0 Å². The molecule has 338 valence electrons. The van der Waals surface area contributed by atoms with Crippen LogP contribution >= 0.6 is 0 Å². The predicted molar refractivity (Wildman–Crippen MR) is 257 cm³/mol. The third-order valence-electron chi connectivity index (χ3n) is 6.39.